The molecule has 0 radical (unpaired) electrons. The lowest BCUT2D eigenvalue weighted by Gasteiger charge is -2.14. The van der Waals surface area contributed by atoms with Gasteiger partial charge in [-0.05, 0) is 47.5 Å². The number of carbonyl (C=O) groups is 1. The number of methoxy groups -OCH3 is 1. The highest BCUT2D eigenvalue weighted by Gasteiger charge is 2.18. The summed E-state index contributed by atoms with van der Waals surface area (Å²) in [7, 11) is 1.51. The van der Waals surface area contributed by atoms with Gasteiger partial charge in [-0.1, -0.05) is 48.5 Å². The maximum atomic E-state index is 13.1. The van der Waals surface area contributed by atoms with E-state index in [1.165, 1.54) is 7.11 Å². The van der Waals surface area contributed by atoms with Gasteiger partial charge in [0.2, 0.25) is 0 Å². The van der Waals surface area contributed by atoms with Crippen LogP contribution in [0.5, 0.6) is 5.75 Å². The third-order valence-corrected chi connectivity index (χ3v) is 5.39. The number of nitrogen functional groups attached to an aromatic ring is 2. The lowest BCUT2D eigenvalue weighted by Crippen LogP contribution is -2.14. The molecule has 178 valence electrons. The predicted molar refractivity (Wildman–Crippen MR) is 138 cm³/mol. The van der Waals surface area contributed by atoms with E-state index < -0.39 is 0 Å². The molecule has 4 rings (SSSR count). The van der Waals surface area contributed by atoms with Crippen LogP contribution in [0.25, 0.3) is 11.3 Å². The lowest BCUT2D eigenvalue weighted by molar-refractivity contribution is 0.102. The van der Waals surface area contributed by atoms with Crippen molar-refractivity contribution >= 4 is 23.1 Å². The number of nitrogens with one attached hydrogen (secondary N) is 2. The van der Waals surface area contributed by atoms with E-state index in [1.807, 2.05) is 60.7 Å². The van der Waals surface area contributed by atoms with E-state index in [-0.39, 0.29) is 5.91 Å². The Morgan fingerprint density at radius 3 is 2.29 bits per heavy atom. The minimum absolute atomic E-state index is 0.301. The smallest absolute Gasteiger partial charge is 0.259 e. The topological polar surface area (TPSA) is 125 Å². The Balaban J connectivity index is 1.45. The van der Waals surface area contributed by atoms with Crippen molar-refractivity contribution in [2.75, 3.05) is 23.6 Å². The van der Waals surface area contributed by atoms with E-state index in [1.54, 1.807) is 24.3 Å². The van der Waals surface area contributed by atoms with Gasteiger partial charge in [-0.3, -0.25) is 4.79 Å². The number of nitrogens with zero attached hydrogens (tertiary/aromatic N) is 1. The van der Waals surface area contributed by atoms with E-state index in [0.717, 1.165) is 11.1 Å². The molecule has 0 unspecified atom stereocenters. The van der Waals surface area contributed by atoms with E-state index >= 15 is 0 Å². The van der Waals surface area contributed by atoms with Crippen molar-refractivity contribution in [3.05, 3.63) is 102 Å². The fraction of sp³-hybridized carbons (Fsp3) is 0.111. The standard InChI is InChI=1S/C27H27N5O3/c1-34-25-21(24-15-14-23(28)26(31-24)32-29)8-5-9-22(25)27(33)30-20-12-10-19(11-13-20)17-35-16-18-6-3-2-4-7-18/h2-15H,16-17,28-29H2,1H3,(H,30,33)(H,31,32). The Hall–Kier alpha value is -4.40. The molecule has 4 aromatic rings. The molecule has 0 aliphatic rings. The molecule has 0 bridgehead atoms. The zero-order valence-electron chi connectivity index (χ0n) is 19.3. The molecule has 0 atom stereocenters. The summed E-state index contributed by atoms with van der Waals surface area (Å²) in [5.41, 5.74) is 13.1. The number of amides is 1. The van der Waals surface area contributed by atoms with Gasteiger partial charge in [0.1, 0.15) is 5.75 Å². The zero-order chi connectivity index (χ0) is 24.6. The highest BCUT2D eigenvalue weighted by Crippen LogP contribution is 2.34. The quantitative estimate of drug-likeness (QED) is 0.209. The van der Waals surface area contributed by atoms with Crippen LogP contribution in [0.15, 0.2) is 84.9 Å². The van der Waals surface area contributed by atoms with Crippen LogP contribution in [0.2, 0.25) is 0 Å². The third-order valence-electron chi connectivity index (χ3n) is 5.39. The molecule has 1 amide bonds. The molecule has 1 heterocycles. The van der Waals surface area contributed by atoms with Gasteiger partial charge in [-0.2, -0.15) is 0 Å². The first-order valence-electron chi connectivity index (χ1n) is 11.0. The molecule has 0 fully saturated rings. The molecule has 8 nitrogen and oxygen atoms in total. The number of benzene rings is 3. The van der Waals surface area contributed by atoms with Crippen molar-refractivity contribution in [1.82, 2.24) is 4.98 Å². The number of hydrogen-bond donors (Lipinski definition) is 4. The van der Waals surface area contributed by atoms with Gasteiger partial charge in [-0.15, -0.1) is 0 Å². The van der Waals surface area contributed by atoms with E-state index in [2.05, 4.69) is 15.7 Å². The largest absolute Gasteiger partial charge is 0.495 e. The number of rotatable bonds is 9. The van der Waals surface area contributed by atoms with Gasteiger partial charge in [0, 0.05) is 11.3 Å². The van der Waals surface area contributed by atoms with Crippen LogP contribution >= 0.6 is 0 Å². The van der Waals surface area contributed by atoms with Crippen molar-refractivity contribution < 1.29 is 14.3 Å². The monoisotopic (exact) mass is 469 g/mol. The van der Waals surface area contributed by atoms with Crippen LogP contribution in [0.4, 0.5) is 17.2 Å². The highest BCUT2D eigenvalue weighted by molar-refractivity contribution is 6.07. The summed E-state index contributed by atoms with van der Waals surface area (Å²) in [6, 6.07) is 26.3. The SMILES string of the molecule is COc1c(C(=O)Nc2ccc(COCc3ccccc3)cc2)cccc1-c1ccc(N)c(NN)n1. The molecule has 0 saturated carbocycles. The minimum Gasteiger partial charge on any atom is -0.495 e. The molecule has 0 aliphatic carbocycles. The molecular formula is C27H27N5O3. The van der Waals surface area contributed by atoms with Crippen molar-refractivity contribution in [3.63, 3.8) is 0 Å². The number of hydrogen-bond acceptors (Lipinski definition) is 7. The number of ether oxygens (including phenoxy) is 2. The van der Waals surface area contributed by atoms with Gasteiger partial charge in [-0.25, -0.2) is 10.8 Å². The number of pyridine rings is 1. The van der Waals surface area contributed by atoms with E-state index in [9.17, 15) is 4.79 Å². The average molecular weight is 470 g/mol. The van der Waals surface area contributed by atoms with Crippen molar-refractivity contribution in [3.8, 4) is 17.0 Å². The zero-order valence-corrected chi connectivity index (χ0v) is 19.3. The summed E-state index contributed by atoms with van der Waals surface area (Å²) in [5, 5.41) is 2.92. The Morgan fingerprint density at radius 1 is 0.886 bits per heavy atom. The number of para-hydroxylation sites is 1. The number of carbonyl (C=O) groups excluding carboxylic acids is 1. The predicted octanol–water partition coefficient (Wildman–Crippen LogP) is 4.59. The second-order valence-electron chi connectivity index (χ2n) is 7.79. The van der Waals surface area contributed by atoms with Crippen molar-refractivity contribution in [1.29, 1.82) is 0 Å². The van der Waals surface area contributed by atoms with Gasteiger partial charge in [0.05, 0.1) is 37.3 Å². The number of hydrazine groups is 1. The maximum Gasteiger partial charge on any atom is 0.259 e. The Labute approximate surface area is 203 Å². The second kappa shape index (κ2) is 11.1. The molecule has 6 N–H and O–H groups in total. The lowest BCUT2D eigenvalue weighted by atomic mass is 10.0. The average Bonchev–Trinajstić information content (AvgIpc) is 2.90. The normalized spacial score (nSPS) is 10.6. The Kier molecular flexibility index (Phi) is 7.57. The Morgan fingerprint density at radius 2 is 1.60 bits per heavy atom. The van der Waals surface area contributed by atoms with Crippen LogP contribution in [-0.2, 0) is 18.0 Å². The Bertz CT molecular complexity index is 1290. The molecule has 35 heavy (non-hydrogen) atoms. The van der Waals surface area contributed by atoms with E-state index in [4.69, 9.17) is 21.1 Å². The van der Waals surface area contributed by atoms with Crippen LogP contribution in [0, 0.1) is 0 Å². The summed E-state index contributed by atoms with van der Waals surface area (Å²) >= 11 is 0. The van der Waals surface area contributed by atoms with Crippen LogP contribution in [0.1, 0.15) is 21.5 Å². The first-order chi connectivity index (χ1) is 17.1. The molecule has 0 spiro atoms. The minimum atomic E-state index is -0.301. The van der Waals surface area contributed by atoms with Gasteiger partial charge < -0.3 is 25.9 Å². The van der Waals surface area contributed by atoms with Crippen LogP contribution < -0.4 is 27.1 Å². The number of aromatic nitrogens is 1. The molecule has 1 aromatic heterocycles. The first kappa shape index (κ1) is 23.7. The summed E-state index contributed by atoms with van der Waals surface area (Å²) in [4.78, 5) is 17.5. The van der Waals surface area contributed by atoms with Crippen molar-refractivity contribution in [2.24, 2.45) is 5.84 Å². The molecule has 8 heteroatoms. The first-order valence-corrected chi connectivity index (χ1v) is 11.0. The number of nitrogens with two attached hydrogens (primary N) is 2. The molecule has 0 aliphatic heterocycles. The third kappa shape index (κ3) is 5.75. The van der Waals surface area contributed by atoms with Gasteiger partial charge >= 0.3 is 0 Å². The second-order valence-corrected chi connectivity index (χ2v) is 7.79. The van der Waals surface area contributed by atoms with Crippen LogP contribution in [-0.4, -0.2) is 18.0 Å². The van der Waals surface area contributed by atoms with Gasteiger partial charge in [0.15, 0.2) is 5.82 Å². The van der Waals surface area contributed by atoms with Crippen LogP contribution in [0.3, 0.4) is 0 Å². The van der Waals surface area contributed by atoms with Gasteiger partial charge in [0.25, 0.3) is 5.91 Å². The number of anilines is 3. The van der Waals surface area contributed by atoms with Crippen molar-refractivity contribution in [2.45, 2.75) is 13.2 Å². The molecular weight excluding hydrogens is 442 g/mol. The highest BCUT2D eigenvalue weighted by atomic mass is 16.5. The summed E-state index contributed by atoms with van der Waals surface area (Å²) in [6.07, 6.45) is 0. The maximum absolute atomic E-state index is 13.1. The molecule has 0 saturated heterocycles. The summed E-state index contributed by atoms with van der Waals surface area (Å²) in [5.74, 6) is 5.94. The van der Waals surface area contributed by atoms with E-state index in [0.29, 0.717) is 53.0 Å². The summed E-state index contributed by atoms with van der Waals surface area (Å²) in [6.45, 7) is 1.02. The summed E-state index contributed by atoms with van der Waals surface area (Å²) < 4.78 is 11.4. The fourth-order valence-electron chi connectivity index (χ4n) is 3.62. The molecule has 3 aromatic carbocycles. The fourth-order valence-corrected chi connectivity index (χ4v) is 3.62.